The fourth-order valence-corrected chi connectivity index (χ4v) is 3.49. The van der Waals surface area contributed by atoms with Gasteiger partial charge in [0.2, 0.25) is 5.89 Å². The number of nitrogens with zero attached hydrogens (tertiary/aromatic N) is 2. The predicted octanol–water partition coefficient (Wildman–Crippen LogP) is 2.52. The van der Waals surface area contributed by atoms with Crippen molar-refractivity contribution in [2.45, 2.75) is 29.2 Å². The Morgan fingerprint density at radius 1 is 1.45 bits per heavy atom. The molecule has 106 valence electrons. The van der Waals surface area contributed by atoms with Crippen LogP contribution < -0.4 is 5.32 Å². The van der Waals surface area contributed by atoms with Gasteiger partial charge in [-0.15, -0.1) is 11.8 Å². The van der Waals surface area contributed by atoms with Gasteiger partial charge in [0, 0.05) is 15.9 Å². The first-order valence-electron chi connectivity index (χ1n) is 6.33. The average Bonchev–Trinajstić information content (AvgIpc) is 3.06. The highest BCUT2D eigenvalue weighted by molar-refractivity contribution is 9.10. The molecule has 0 aliphatic carbocycles. The summed E-state index contributed by atoms with van der Waals surface area (Å²) in [6.07, 6.45) is 0.295. The van der Waals surface area contributed by atoms with E-state index in [0.717, 1.165) is 9.37 Å². The van der Waals surface area contributed by atoms with Crippen LogP contribution in [0.1, 0.15) is 24.2 Å². The topological polar surface area (TPSA) is 71.2 Å². The van der Waals surface area contributed by atoms with Crippen molar-refractivity contribution in [3.8, 4) is 0 Å². The molecule has 1 aliphatic heterocycles. The van der Waals surface area contributed by atoms with Crippen molar-refractivity contribution < 1.29 is 9.63 Å². The second-order valence-corrected chi connectivity index (χ2v) is 6.49. The molecular weight excluding hydrogens is 342 g/mol. The Morgan fingerprint density at radius 3 is 3.05 bits per heavy atom. The summed E-state index contributed by atoms with van der Waals surface area (Å²) in [5, 5.41) is 16.6. The van der Waals surface area contributed by atoms with Crippen LogP contribution in [0, 0.1) is 0 Å². The molecule has 2 aromatic rings. The van der Waals surface area contributed by atoms with Crippen LogP contribution in [0.4, 0.5) is 0 Å². The fraction of sp³-hybridized carbons (Fsp3) is 0.385. The summed E-state index contributed by atoms with van der Waals surface area (Å²) in [5.74, 6) is 1.88. The second-order valence-electron chi connectivity index (χ2n) is 4.62. The van der Waals surface area contributed by atoms with E-state index in [4.69, 9.17) is 4.52 Å². The third-order valence-corrected chi connectivity index (χ3v) is 5.11. The summed E-state index contributed by atoms with van der Waals surface area (Å²) in [4.78, 5) is 5.53. The number of halogens is 1. The van der Waals surface area contributed by atoms with E-state index < -0.39 is 0 Å². The lowest BCUT2D eigenvalue weighted by atomic mass is 10.2. The van der Waals surface area contributed by atoms with E-state index in [1.807, 2.05) is 24.3 Å². The van der Waals surface area contributed by atoms with Gasteiger partial charge in [0.15, 0.2) is 5.82 Å². The Kier molecular flexibility index (Phi) is 4.40. The standard InChI is InChI=1S/C13H14BrN3O2S/c14-9-3-1-2-4-11(9)20-7-12-16-13(19-17-12)10-5-8(18)6-15-10/h1-4,8,10,15,18H,5-7H2/t8-,10-/m1/s1. The van der Waals surface area contributed by atoms with E-state index in [2.05, 4.69) is 31.4 Å². The maximum Gasteiger partial charge on any atom is 0.243 e. The van der Waals surface area contributed by atoms with Crippen molar-refractivity contribution in [1.82, 2.24) is 15.5 Å². The largest absolute Gasteiger partial charge is 0.392 e. The molecule has 2 heterocycles. The molecule has 3 rings (SSSR count). The van der Waals surface area contributed by atoms with Crippen molar-refractivity contribution in [3.05, 3.63) is 40.5 Å². The van der Waals surface area contributed by atoms with Gasteiger partial charge in [-0.2, -0.15) is 4.98 Å². The van der Waals surface area contributed by atoms with Crippen molar-refractivity contribution in [2.24, 2.45) is 0 Å². The van der Waals surface area contributed by atoms with Crippen LogP contribution in [-0.4, -0.2) is 27.9 Å². The van der Waals surface area contributed by atoms with Crippen LogP contribution in [0.2, 0.25) is 0 Å². The monoisotopic (exact) mass is 355 g/mol. The minimum Gasteiger partial charge on any atom is -0.392 e. The number of hydrogen-bond acceptors (Lipinski definition) is 6. The molecule has 7 heteroatoms. The number of hydrogen-bond donors (Lipinski definition) is 2. The van der Waals surface area contributed by atoms with Crippen LogP contribution in [-0.2, 0) is 5.75 Å². The molecule has 1 aromatic heterocycles. The zero-order valence-electron chi connectivity index (χ0n) is 10.6. The summed E-state index contributed by atoms with van der Waals surface area (Å²) in [5.41, 5.74) is 0. The lowest BCUT2D eigenvalue weighted by Crippen LogP contribution is -2.15. The fourth-order valence-electron chi connectivity index (χ4n) is 2.08. The molecule has 0 spiro atoms. The molecule has 0 saturated carbocycles. The Morgan fingerprint density at radius 2 is 2.30 bits per heavy atom. The normalized spacial score (nSPS) is 22.3. The van der Waals surface area contributed by atoms with Gasteiger partial charge in [0.05, 0.1) is 17.9 Å². The van der Waals surface area contributed by atoms with Gasteiger partial charge in [-0.3, -0.25) is 0 Å². The minimum absolute atomic E-state index is 0.0280. The van der Waals surface area contributed by atoms with Crippen LogP contribution in [0.3, 0.4) is 0 Å². The van der Waals surface area contributed by atoms with E-state index in [1.54, 1.807) is 11.8 Å². The highest BCUT2D eigenvalue weighted by atomic mass is 79.9. The molecular formula is C13H14BrN3O2S. The van der Waals surface area contributed by atoms with Gasteiger partial charge in [0.1, 0.15) is 0 Å². The van der Waals surface area contributed by atoms with E-state index >= 15 is 0 Å². The Labute approximate surface area is 129 Å². The SMILES string of the molecule is O[C@H]1CN[C@@H](c2nc(CSc3ccccc3Br)no2)C1. The number of aromatic nitrogens is 2. The van der Waals surface area contributed by atoms with Gasteiger partial charge >= 0.3 is 0 Å². The molecule has 1 saturated heterocycles. The zero-order chi connectivity index (χ0) is 13.9. The molecule has 1 aliphatic rings. The highest BCUT2D eigenvalue weighted by Gasteiger charge is 2.28. The quantitative estimate of drug-likeness (QED) is 0.821. The molecule has 1 fully saturated rings. The molecule has 5 nitrogen and oxygen atoms in total. The molecule has 2 atom stereocenters. The molecule has 0 bridgehead atoms. The number of β-amino-alcohol motifs (C(OH)–C–C–N with tert-alkyl or cyclic N) is 1. The highest BCUT2D eigenvalue weighted by Crippen LogP contribution is 2.29. The number of nitrogens with one attached hydrogen (secondary N) is 1. The van der Waals surface area contributed by atoms with Crippen LogP contribution in [0.25, 0.3) is 0 Å². The molecule has 0 unspecified atom stereocenters. The number of rotatable bonds is 4. The number of benzene rings is 1. The molecule has 1 aromatic carbocycles. The van der Waals surface area contributed by atoms with Crippen molar-refractivity contribution >= 4 is 27.7 Å². The third kappa shape index (κ3) is 3.22. The number of aliphatic hydroxyl groups excluding tert-OH is 1. The molecule has 0 radical (unpaired) electrons. The van der Waals surface area contributed by atoms with Crippen LogP contribution in [0.5, 0.6) is 0 Å². The lowest BCUT2D eigenvalue weighted by molar-refractivity contribution is 0.191. The summed E-state index contributed by atoms with van der Waals surface area (Å²) < 4.78 is 6.32. The molecule has 20 heavy (non-hydrogen) atoms. The van der Waals surface area contributed by atoms with Gasteiger partial charge in [0.25, 0.3) is 0 Å². The Bertz CT molecular complexity index is 593. The Balaban J connectivity index is 1.62. The minimum atomic E-state index is -0.329. The van der Waals surface area contributed by atoms with E-state index in [-0.39, 0.29) is 12.1 Å². The predicted molar refractivity (Wildman–Crippen MR) is 79.4 cm³/mol. The summed E-state index contributed by atoms with van der Waals surface area (Å²) >= 11 is 5.17. The van der Waals surface area contributed by atoms with E-state index in [0.29, 0.717) is 30.4 Å². The van der Waals surface area contributed by atoms with Crippen molar-refractivity contribution in [2.75, 3.05) is 6.54 Å². The Hall–Kier alpha value is -0.890. The lowest BCUT2D eigenvalue weighted by Gasteiger charge is -2.02. The first-order valence-corrected chi connectivity index (χ1v) is 8.11. The van der Waals surface area contributed by atoms with E-state index in [1.165, 1.54) is 0 Å². The first-order chi connectivity index (χ1) is 9.72. The van der Waals surface area contributed by atoms with Gasteiger partial charge in [-0.25, -0.2) is 0 Å². The maximum absolute atomic E-state index is 9.49. The number of thioether (sulfide) groups is 1. The summed E-state index contributed by atoms with van der Waals surface area (Å²) in [6, 6.07) is 8.01. The summed E-state index contributed by atoms with van der Waals surface area (Å²) in [6.45, 7) is 0.577. The second kappa shape index (κ2) is 6.26. The molecule has 2 N–H and O–H groups in total. The van der Waals surface area contributed by atoms with Gasteiger partial charge < -0.3 is 14.9 Å². The average molecular weight is 356 g/mol. The molecule has 0 amide bonds. The van der Waals surface area contributed by atoms with Crippen molar-refractivity contribution in [3.63, 3.8) is 0 Å². The third-order valence-electron chi connectivity index (χ3n) is 3.08. The van der Waals surface area contributed by atoms with E-state index in [9.17, 15) is 5.11 Å². The first kappa shape index (κ1) is 14.1. The maximum atomic E-state index is 9.49. The van der Waals surface area contributed by atoms with Gasteiger partial charge in [-0.05, 0) is 34.5 Å². The number of aliphatic hydroxyl groups is 1. The smallest absolute Gasteiger partial charge is 0.243 e. The van der Waals surface area contributed by atoms with Crippen LogP contribution in [0.15, 0.2) is 38.2 Å². The summed E-state index contributed by atoms with van der Waals surface area (Å²) in [7, 11) is 0. The zero-order valence-corrected chi connectivity index (χ0v) is 13.0. The van der Waals surface area contributed by atoms with Crippen molar-refractivity contribution in [1.29, 1.82) is 0 Å². The van der Waals surface area contributed by atoms with Gasteiger partial charge in [-0.1, -0.05) is 17.3 Å². The van der Waals surface area contributed by atoms with Crippen LogP contribution >= 0.6 is 27.7 Å².